The second-order valence-electron chi connectivity index (χ2n) is 13.9. The molecule has 1 aliphatic heterocycles. The van der Waals surface area contributed by atoms with Crippen molar-refractivity contribution in [3.63, 3.8) is 0 Å². The van der Waals surface area contributed by atoms with Gasteiger partial charge in [0.05, 0.1) is 12.1 Å². The Morgan fingerprint density at radius 2 is 1.27 bits per heavy atom. The van der Waals surface area contributed by atoms with Crippen LogP contribution < -0.4 is 16.0 Å². The Labute approximate surface area is 329 Å². The van der Waals surface area contributed by atoms with E-state index in [0.717, 1.165) is 70.5 Å². The number of fused-ring (bicyclic) bond motifs is 1. The number of unbranched alkanes of at least 4 members (excludes halogenated alkanes) is 2. The van der Waals surface area contributed by atoms with E-state index in [-0.39, 0.29) is 29.5 Å². The first kappa shape index (κ1) is 43.3. The number of Topliss-reactive ketones (excluding diaryl/α,β-unsaturated/α-hetero) is 3. The molecule has 13 nitrogen and oxygen atoms in total. The van der Waals surface area contributed by atoms with E-state index in [1.807, 2.05) is 0 Å². The van der Waals surface area contributed by atoms with Gasteiger partial charge in [-0.15, -0.1) is 0 Å². The topological polar surface area (TPSA) is 170 Å². The number of nitrogens with zero attached hydrogens (tertiary/aromatic N) is 4. The zero-order valence-electron chi connectivity index (χ0n) is 33.3. The van der Waals surface area contributed by atoms with Gasteiger partial charge in [-0.25, -0.2) is 0 Å². The Morgan fingerprint density at radius 1 is 0.696 bits per heavy atom. The van der Waals surface area contributed by atoms with E-state index in [2.05, 4.69) is 63.7 Å². The van der Waals surface area contributed by atoms with Crippen LogP contribution in [0.1, 0.15) is 110 Å². The van der Waals surface area contributed by atoms with E-state index >= 15 is 0 Å². The molecule has 0 aromatic heterocycles. The number of nitrogens with one attached hydrogen (secondary N) is 3. The Morgan fingerprint density at radius 3 is 1.80 bits per heavy atom. The lowest BCUT2D eigenvalue weighted by molar-refractivity contribution is -0.126. The maximum Gasteiger partial charge on any atom is 0.258 e. The monoisotopic (exact) mass is 765 g/mol. The van der Waals surface area contributed by atoms with Crippen molar-refractivity contribution in [2.75, 3.05) is 55.2 Å². The summed E-state index contributed by atoms with van der Waals surface area (Å²) in [6.45, 7) is 15.4. The number of hydrogen-bond donors (Lipinski definition) is 3. The Balaban J connectivity index is 1.43. The fourth-order valence-electron chi connectivity index (χ4n) is 6.46. The third-order valence-corrected chi connectivity index (χ3v) is 9.93. The van der Waals surface area contributed by atoms with E-state index in [4.69, 9.17) is 0 Å². The molecule has 1 heterocycles. The van der Waals surface area contributed by atoms with Crippen molar-refractivity contribution in [2.45, 2.75) is 85.6 Å². The molecule has 0 saturated carbocycles. The predicted molar refractivity (Wildman–Crippen MR) is 219 cm³/mol. The molecule has 0 bridgehead atoms. The van der Waals surface area contributed by atoms with Crippen LogP contribution in [0.5, 0.6) is 0 Å². The number of anilines is 3. The van der Waals surface area contributed by atoms with Crippen LogP contribution in [-0.2, 0) is 20.8 Å². The highest BCUT2D eigenvalue weighted by Gasteiger charge is 2.25. The van der Waals surface area contributed by atoms with Crippen molar-refractivity contribution in [2.24, 2.45) is 10.2 Å². The van der Waals surface area contributed by atoms with Crippen LogP contribution in [0.2, 0.25) is 0 Å². The molecule has 13 heteroatoms. The minimum atomic E-state index is -1.42. The van der Waals surface area contributed by atoms with Gasteiger partial charge in [-0.3, -0.25) is 28.8 Å². The van der Waals surface area contributed by atoms with Gasteiger partial charge in [-0.2, -0.15) is 10.2 Å². The fraction of sp³-hybridized carbons (Fsp3) is 0.442. The molecule has 0 saturated heterocycles. The van der Waals surface area contributed by atoms with Crippen LogP contribution in [0.3, 0.4) is 0 Å². The van der Waals surface area contributed by atoms with Crippen molar-refractivity contribution in [1.82, 2.24) is 9.80 Å². The van der Waals surface area contributed by atoms with E-state index in [1.165, 1.54) is 31.2 Å². The third-order valence-electron chi connectivity index (χ3n) is 9.93. The van der Waals surface area contributed by atoms with Crippen LogP contribution in [0, 0.1) is 0 Å². The van der Waals surface area contributed by atoms with Crippen LogP contribution in [0.25, 0.3) is 0 Å². The van der Waals surface area contributed by atoms with Crippen molar-refractivity contribution in [1.29, 1.82) is 0 Å². The van der Waals surface area contributed by atoms with Gasteiger partial charge in [0.25, 0.3) is 11.8 Å². The summed E-state index contributed by atoms with van der Waals surface area (Å²) in [4.78, 5) is 81.7. The fourth-order valence-corrected chi connectivity index (χ4v) is 6.46. The number of rotatable bonds is 23. The summed E-state index contributed by atoms with van der Waals surface area (Å²) in [5, 5.41) is 16.3. The summed E-state index contributed by atoms with van der Waals surface area (Å²) >= 11 is 0. The lowest BCUT2D eigenvalue weighted by atomic mass is 9.98. The highest BCUT2D eigenvalue weighted by molar-refractivity contribution is 6.11. The summed E-state index contributed by atoms with van der Waals surface area (Å²) in [6, 6.07) is 14.6. The molecule has 1 unspecified atom stereocenters. The molecular formula is C43H55N7O6. The second kappa shape index (κ2) is 21.6. The Kier molecular flexibility index (Phi) is 16.7. The molecule has 56 heavy (non-hydrogen) atoms. The van der Waals surface area contributed by atoms with E-state index < -0.39 is 23.6 Å². The minimum absolute atomic E-state index is 0.0794. The molecule has 298 valence electrons. The number of hydrogen-bond acceptors (Lipinski definition) is 10. The number of carbonyl (C=O) groups is 6. The van der Waals surface area contributed by atoms with E-state index in [0.29, 0.717) is 46.7 Å². The van der Waals surface area contributed by atoms with Gasteiger partial charge in [0.1, 0.15) is 0 Å². The number of ketones is 3. The largest absolute Gasteiger partial charge is 0.325 e. The zero-order chi connectivity index (χ0) is 40.6. The van der Waals surface area contributed by atoms with Gasteiger partial charge in [-0.1, -0.05) is 33.8 Å². The van der Waals surface area contributed by atoms with Gasteiger partial charge in [0.2, 0.25) is 11.9 Å². The molecule has 3 aromatic carbocycles. The first-order valence-electron chi connectivity index (χ1n) is 19.7. The number of azo groups is 1. The predicted octanol–water partition coefficient (Wildman–Crippen LogP) is 7.50. The first-order chi connectivity index (χ1) is 26.9. The van der Waals surface area contributed by atoms with Crippen molar-refractivity contribution < 1.29 is 28.8 Å². The van der Waals surface area contributed by atoms with E-state index in [9.17, 15) is 28.8 Å². The molecule has 1 aliphatic rings. The first-order valence-corrected chi connectivity index (χ1v) is 19.7. The molecule has 0 spiro atoms. The lowest BCUT2D eigenvalue weighted by Crippen LogP contribution is -2.31. The van der Waals surface area contributed by atoms with E-state index in [1.54, 1.807) is 36.4 Å². The third kappa shape index (κ3) is 12.8. The molecule has 3 amide bonds. The number of benzene rings is 3. The Bertz CT molecular complexity index is 1850. The van der Waals surface area contributed by atoms with Crippen LogP contribution >= 0.6 is 0 Å². The van der Waals surface area contributed by atoms with Crippen molar-refractivity contribution in [3.05, 3.63) is 82.9 Å². The van der Waals surface area contributed by atoms with Crippen molar-refractivity contribution >= 4 is 57.8 Å². The molecule has 3 N–H and O–H groups in total. The molecular weight excluding hydrogens is 711 g/mol. The molecule has 0 fully saturated rings. The standard InChI is InChI=1S/C43H55N7O6/c1-6-49(7-2)22-12-10-14-38(52)32-24-33(39(53)15-11-13-23-50(8-3)9-4)26-36(25-32)45-42(55)30-16-19-34(20-17-30)47-48-41(29(5)51)43(56)44-35-21-18-31-27-40(54)46-37(31)28-35/h16-21,24-26,28,41H,6-15,22-23,27H2,1-5H3,(H,44,56)(H,45,55)(H,46,54). The molecule has 0 aliphatic carbocycles. The molecule has 1 atom stereocenters. The summed E-state index contributed by atoms with van der Waals surface area (Å²) < 4.78 is 0. The quantitative estimate of drug-likeness (QED) is 0.0386. The summed E-state index contributed by atoms with van der Waals surface area (Å²) in [7, 11) is 0. The Hall–Kier alpha value is -5.40. The summed E-state index contributed by atoms with van der Waals surface area (Å²) in [6.07, 6.45) is 4.15. The van der Waals surface area contributed by atoms with Gasteiger partial charge >= 0.3 is 0 Å². The summed E-state index contributed by atoms with van der Waals surface area (Å²) in [5.41, 5.74) is 3.53. The molecule has 0 radical (unpaired) electrons. The van der Waals surface area contributed by atoms with Gasteiger partial charge < -0.3 is 25.8 Å². The smallest absolute Gasteiger partial charge is 0.258 e. The highest BCUT2D eigenvalue weighted by Crippen LogP contribution is 2.27. The zero-order valence-corrected chi connectivity index (χ0v) is 33.3. The number of amides is 3. The molecule has 3 aromatic rings. The van der Waals surface area contributed by atoms with Crippen LogP contribution in [0.15, 0.2) is 70.9 Å². The molecule has 4 rings (SSSR count). The van der Waals surface area contributed by atoms with Gasteiger partial charge in [0, 0.05) is 46.6 Å². The average molecular weight is 766 g/mol. The number of carbonyl (C=O) groups excluding carboxylic acids is 6. The van der Waals surface area contributed by atoms with Gasteiger partial charge in [-0.05, 0) is 132 Å². The minimum Gasteiger partial charge on any atom is -0.325 e. The normalized spacial score (nSPS) is 12.8. The maximum absolute atomic E-state index is 13.4. The van der Waals surface area contributed by atoms with Crippen LogP contribution in [0.4, 0.5) is 22.7 Å². The summed E-state index contributed by atoms with van der Waals surface area (Å²) in [5.74, 6) is -1.95. The van der Waals surface area contributed by atoms with Gasteiger partial charge in [0.15, 0.2) is 17.3 Å². The SMILES string of the molecule is CCN(CC)CCCCC(=O)c1cc(NC(=O)c2ccc(N=NC(C(C)=O)C(=O)Nc3ccc4c(c3)NC(=O)C4)cc2)cc(C(=O)CCCCN(CC)CC)c1. The maximum atomic E-state index is 13.4. The highest BCUT2D eigenvalue weighted by atomic mass is 16.2. The second-order valence-corrected chi connectivity index (χ2v) is 13.9. The average Bonchev–Trinajstić information content (AvgIpc) is 3.57. The van der Waals surface area contributed by atoms with Crippen LogP contribution in [-0.4, -0.2) is 90.2 Å². The lowest BCUT2D eigenvalue weighted by Gasteiger charge is -2.17. The van der Waals surface area contributed by atoms with Crippen molar-refractivity contribution in [3.8, 4) is 0 Å².